The van der Waals surface area contributed by atoms with Gasteiger partial charge in [-0.2, -0.15) is 0 Å². The molecule has 0 aliphatic carbocycles. The molecule has 1 aliphatic heterocycles. The minimum atomic E-state index is -0.413. The molecule has 15 heavy (non-hydrogen) atoms. The molecule has 86 valence electrons. The Morgan fingerprint density at radius 2 is 2.07 bits per heavy atom. The highest BCUT2D eigenvalue weighted by molar-refractivity contribution is 5.76. The summed E-state index contributed by atoms with van der Waals surface area (Å²) in [6.07, 6.45) is 0.251. The van der Waals surface area contributed by atoms with Gasteiger partial charge in [-0.05, 0) is 0 Å². The minimum Gasteiger partial charge on any atom is -0.441 e. The first-order valence-corrected chi connectivity index (χ1v) is 5.12. The number of hydrogen-bond acceptors (Lipinski definition) is 3. The van der Waals surface area contributed by atoms with Crippen LogP contribution in [0.3, 0.4) is 0 Å². The summed E-state index contributed by atoms with van der Waals surface area (Å²) in [5.41, 5.74) is 0. The van der Waals surface area contributed by atoms with Crippen molar-refractivity contribution >= 4 is 12.0 Å². The maximum absolute atomic E-state index is 11.5. The number of carbonyl (C=O) groups excluding carboxylic acids is 2. The van der Waals surface area contributed by atoms with Crippen molar-refractivity contribution in [1.29, 1.82) is 0 Å². The molecule has 0 aromatic heterocycles. The van der Waals surface area contributed by atoms with Gasteiger partial charge in [0.15, 0.2) is 6.23 Å². The Labute approximate surface area is 90.0 Å². The number of esters is 1. The largest absolute Gasteiger partial charge is 0.441 e. The van der Waals surface area contributed by atoms with Crippen molar-refractivity contribution in [3.63, 3.8) is 0 Å². The molecular formula is C10H18N2O3. The lowest BCUT2D eigenvalue weighted by molar-refractivity contribution is -0.162. The number of amides is 2. The summed E-state index contributed by atoms with van der Waals surface area (Å²) in [4.78, 5) is 26.0. The molecule has 0 aromatic rings. The highest BCUT2D eigenvalue weighted by atomic mass is 16.6. The minimum absolute atomic E-state index is 0.109. The molecule has 5 heteroatoms. The zero-order valence-corrected chi connectivity index (χ0v) is 9.69. The Morgan fingerprint density at radius 3 is 2.60 bits per heavy atom. The third-order valence-corrected chi connectivity index (χ3v) is 2.50. The van der Waals surface area contributed by atoms with Crippen LogP contribution in [0.5, 0.6) is 0 Å². The van der Waals surface area contributed by atoms with Crippen LogP contribution in [0.1, 0.15) is 20.3 Å². The Kier molecular flexibility index (Phi) is 3.55. The fraction of sp³-hybridized carbons (Fsp3) is 0.800. The van der Waals surface area contributed by atoms with E-state index in [0.717, 1.165) is 0 Å². The summed E-state index contributed by atoms with van der Waals surface area (Å²) in [7, 11) is 3.38. The molecule has 0 aromatic carbocycles. The molecule has 0 spiro atoms. The lowest BCUT2D eigenvalue weighted by Gasteiger charge is -2.37. The molecule has 0 radical (unpaired) electrons. The summed E-state index contributed by atoms with van der Waals surface area (Å²) in [6.45, 7) is 4.18. The van der Waals surface area contributed by atoms with Gasteiger partial charge in [-0.1, -0.05) is 13.8 Å². The molecule has 1 saturated heterocycles. The van der Waals surface area contributed by atoms with Crippen LogP contribution in [0.15, 0.2) is 0 Å². The van der Waals surface area contributed by atoms with E-state index in [1.165, 1.54) is 4.90 Å². The van der Waals surface area contributed by atoms with Gasteiger partial charge >= 0.3 is 12.0 Å². The van der Waals surface area contributed by atoms with E-state index in [0.29, 0.717) is 13.0 Å². The van der Waals surface area contributed by atoms with Gasteiger partial charge in [0.05, 0.1) is 5.92 Å². The number of rotatable bonds is 2. The fourth-order valence-electron chi connectivity index (χ4n) is 1.39. The van der Waals surface area contributed by atoms with Crippen molar-refractivity contribution in [3.05, 3.63) is 0 Å². The Hall–Kier alpha value is -1.26. The normalized spacial score (nSPS) is 22.2. The number of ether oxygens (including phenoxy) is 1. The van der Waals surface area contributed by atoms with E-state index in [1.807, 2.05) is 0 Å². The predicted molar refractivity (Wildman–Crippen MR) is 55.1 cm³/mol. The monoisotopic (exact) mass is 214 g/mol. The SMILES string of the molecule is CC(C)C(=O)OC1CCN(C)C(=O)N1C. The van der Waals surface area contributed by atoms with Crippen LogP contribution < -0.4 is 0 Å². The standard InChI is InChI=1S/C10H18N2O3/c1-7(2)9(13)15-8-5-6-11(3)10(14)12(8)4/h7-8H,5-6H2,1-4H3. The van der Waals surface area contributed by atoms with Crippen molar-refractivity contribution in [3.8, 4) is 0 Å². The molecule has 1 aliphatic rings. The van der Waals surface area contributed by atoms with Crippen molar-refractivity contribution in [1.82, 2.24) is 9.80 Å². The Bertz CT molecular complexity index is 265. The molecule has 0 saturated carbocycles. The molecule has 1 heterocycles. The summed E-state index contributed by atoms with van der Waals surface area (Å²) in [5, 5.41) is 0. The van der Waals surface area contributed by atoms with Gasteiger partial charge in [-0.15, -0.1) is 0 Å². The van der Waals surface area contributed by atoms with Gasteiger partial charge in [-0.3, -0.25) is 9.69 Å². The molecule has 1 atom stereocenters. The zero-order valence-electron chi connectivity index (χ0n) is 9.69. The second-order valence-electron chi connectivity index (χ2n) is 4.15. The quantitative estimate of drug-likeness (QED) is 0.642. The predicted octanol–water partition coefficient (Wildman–Crippen LogP) is 0.899. The molecule has 0 N–H and O–H groups in total. The second-order valence-corrected chi connectivity index (χ2v) is 4.15. The van der Waals surface area contributed by atoms with Gasteiger partial charge in [-0.25, -0.2) is 4.79 Å². The van der Waals surface area contributed by atoms with E-state index in [-0.39, 0.29) is 17.9 Å². The number of carbonyl (C=O) groups is 2. The first-order valence-electron chi connectivity index (χ1n) is 5.12. The smallest absolute Gasteiger partial charge is 0.322 e. The van der Waals surface area contributed by atoms with Gasteiger partial charge < -0.3 is 9.64 Å². The van der Waals surface area contributed by atoms with Crippen LogP contribution in [0, 0.1) is 5.92 Å². The van der Waals surface area contributed by atoms with Crippen molar-refractivity contribution in [2.45, 2.75) is 26.5 Å². The average Bonchev–Trinajstić information content (AvgIpc) is 2.18. The van der Waals surface area contributed by atoms with Gasteiger partial charge in [0.2, 0.25) is 0 Å². The fourth-order valence-corrected chi connectivity index (χ4v) is 1.39. The summed E-state index contributed by atoms with van der Waals surface area (Å²) < 4.78 is 5.22. The van der Waals surface area contributed by atoms with E-state index >= 15 is 0 Å². The number of nitrogens with zero attached hydrogens (tertiary/aromatic N) is 2. The molecule has 5 nitrogen and oxygen atoms in total. The highest BCUT2D eigenvalue weighted by Crippen LogP contribution is 2.15. The van der Waals surface area contributed by atoms with E-state index in [9.17, 15) is 9.59 Å². The van der Waals surface area contributed by atoms with Crippen LogP contribution in [0.25, 0.3) is 0 Å². The lowest BCUT2D eigenvalue weighted by Crippen LogP contribution is -2.52. The Balaban J connectivity index is 2.57. The van der Waals surface area contributed by atoms with E-state index in [1.54, 1.807) is 32.8 Å². The molecule has 1 fully saturated rings. The summed E-state index contributed by atoms with van der Waals surface area (Å²) in [5.74, 6) is -0.419. The van der Waals surface area contributed by atoms with Crippen LogP contribution in [-0.2, 0) is 9.53 Å². The topological polar surface area (TPSA) is 49.9 Å². The van der Waals surface area contributed by atoms with Gasteiger partial charge in [0.1, 0.15) is 0 Å². The molecular weight excluding hydrogens is 196 g/mol. The first-order chi connectivity index (χ1) is 6.93. The maximum atomic E-state index is 11.5. The number of urea groups is 1. The first kappa shape index (κ1) is 11.8. The molecule has 2 amide bonds. The molecule has 0 bridgehead atoms. The highest BCUT2D eigenvalue weighted by Gasteiger charge is 2.31. The second kappa shape index (κ2) is 4.51. The number of hydrogen-bond donors (Lipinski definition) is 0. The van der Waals surface area contributed by atoms with Crippen LogP contribution >= 0.6 is 0 Å². The van der Waals surface area contributed by atoms with Gasteiger partial charge in [0, 0.05) is 27.1 Å². The van der Waals surface area contributed by atoms with Crippen LogP contribution in [-0.4, -0.2) is 48.7 Å². The molecule has 1 rings (SSSR count). The average molecular weight is 214 g/mol. The van der Waals surface area contributed by atoms with Crippen molar-refractivity contribution < 1.29 is 14.3 Å². The van der Waals surface area contributed by atoms with E-state index in [2.05, 4.69) is 0 Å². The van der Waals surface area contributed by atoms with Crippen molar-refractivity contribution in [2.24, 2.45) is 5.92 Å². The third-order valence-electron chi connectivity index (χ3n) is 2.50. The lowest BCUT2D eigenvalue weighted by atomic mass is 10.2. The zero-order chi connectivity index (χ0) is 11.6. The Morgan fingerprint density at radius 1 is 1.47 bits per heavy atom. The maximum Gasteiger partial charge on any atom is 0.322 e. The molecule has 1 unspecified atom stereocenters. The van der Waals surface area contributed by atoms with Crippen LogP contribution in [0.4, 0.5) is 4.79 Å². The van der Waals surface area contributed by atoms with E-state index < -0.39 is 6.23 Å². The van der Waals surface area contributed by atoms with E-state index in [4.69, 9.17) is 4.74 Å². The van der Waals surface area contributed by atoms with Crippen LogP contribution in [0.2, 0.25) is 0 Å². The van der Waals surface area contributed by atoms with Gasteiger partial charge in [0.25, 0.3) is 0 Å². The van der Waals surface area contributed by atoms with Crippen molar-refractivity contribution in [2.75, 3.05) is 20.6 Å². The summed E-state index contributed by atoms with van der Waals surface area (Å²) in [6, 6.07) is -0.109. The summed E-state index contributed by atoms with van der Waals surface area (Å²) >= 11 is 0. The third kappa shape index (κ3) is 2.61.